The summed E-state index contributed by atoms with van der Waals surface area (Å²) in [4.78, 5) is 12.0. The van der Waals surface area contributed by atoms with Gasteiger partial charge in [-0.15, -0.1) is 0 Å². The molecule has 0 heterocycles. The van der Waals surface area contributed by atoms with Crippen molar-refractivity contribution in [3.63, 3.8) is 0 Å². The molecule has 0 radical (unpaired) electrons. The molecule has 122 valence electrons. The van der Waals surface area contributed by atoms with Gasteiger partial charge in [-0.05, 0) is 48.2 Å². The van der Waals surface area contributed by atoms with Crippen molar-refractivity contribution < 1.29 is 13.9 Å². The second kappa shape index (κ2) is 7.77. The number of hydrogen-bond donors (Lipinski definition) is 1. The van der Waals surface area contributed by atoms with Crippen molar-refractivity contribution in [2.24, 2.45) is 0 Å². The molecule has 2 aromatic carbocycles. The van der Waals surface area contributed by atoms with E-state index in [1.165, 1.54) is 17.7 Å². The van der Waals surface area contributed by atoms with Gasteiger partial charge < -0.3 is 10.1 Å². The van der Waals surface area contributed by atoms with Gasteiger partial charge in [0.25, 0.3) is 5.91 Å². The highest BCUT2D eigenvalue weighted by Crippen LogP contribution is 2.20. The fourth-order valence-electron chi connectivity index (χ4n) is 2.23. The summed E-state index contributed by atoms with van der Waals surface area (Å²) in [5.74, 6) is 0.587. The van der Waals surface area contributed by atoms with Gasteiger partial charge in [0.05, 0.1) is 6.04 Å². The van der Waals surface area contributed by atoms with E-state index in [0.717, 1.165) is 5.56 Å². The summed E-state index contributed by atoms with van der Waals surface area (Å²) in [6.07, 6.45) is 0. The van der Waals surface area contributed by atoms with Gasteiger partial charge in [-0.2, -0.15) is 0 Å². The molecule has 1 unspecified atom stereocenters. The molecule has 2 rings (SSSR count). The monoisotopic (exact) mass is 315 g/mol. The average molecular weight is 315 g/mol. The minimum Gasteiger partial charge on any atom is -0.484 e. The second-order valence-corrected chi connectivity index (χ2v) is 5.86. The first-order valence-corrected chi connectivity index (χ1v) is 7.73. The van der Waals surface area contributed by atoms with Crippen molar-refractivity contribution in [2.45, 2.75) is 32.7 Å². The Balaban J connectivity index is 1.87. The predicted octanol–water partition coefficient (Wildman–Crippen LogP) is 4.21. The van der Waals surface area contributed by atoms with Crippen molar-refractivity contribution in [1.82, 2.24) is 5.32 Å². The van der Waals surface area contributed by atoms with Crippen LogP contribution in [0.1, 0.15) is 43.9 Å². The van der Waals surface area contributed by atoms with Crippen LogP contribution in [0.3, 0.4) is 0 Å². The maximum absolute atomic E-state index is 12.9. The highest BCUT2D eigenvalue weighted by molar-refractivity contribution is 5.78. The summed E-state index contributed by atoms with van der Waals surface area (Å²) in [5, 5.41) is 2.84. The molecule has 0 aliphatic rings. The fourth-order valence-corrected chi connectivity index (χ4v) is 2.23. The Bertz CT molecular complexity index is 653. The molecule has 0 saturated carbocycles. The van der Waals surface area contributed by atoms with E-state index in [4.69, 9.17) is 4.74 Å². The molecule has 0 spiro atoms. The Morgan fingerprint density at radius 3 is 2.43 bits per heavy atom. The number of carbonyl (C=O) groups is 1. The first-order valence-electron chi connectivity index (χ1n) is 7.73. The van der Waals surface area contributed by atoms with E-state index >= 15 is 0 Å². The summed E-state index contributed by atoms with van der Waals surface area (Å²) in [5.41, 5.74) is 2.02. The zero-order valence-corrected chi connectivity index (χ0v) is 13.7. The van der Waals surface area contributed by atoms with Gasteiger partial charge in [0, 0.05) is 0 Å². The van der Waals surface area contributed by atoms with Crippen molar-refractivity contribution in [3.05, 3.63) is 65.5 Å². The summed E-state index contributed by atoms with van der Waals surface area (Å²) < 4.78 is 18.4. The lowest BCUT2D eigenvalue weighted by molar-refractivity contribution is -0.123. The van der Waals surface area contributed by atoms with E-state index in [9.17, 15) is 9.18 Å². The van der Waals surface area contributed by atoms with E-state index in [-0.39, 0.29) is 24.4 Å². The van der Waals surface area contributed by atoms with Crippen LogP contribution in [0.2, 0.25) is 0 Å². The first kappa shape index (κ1) is 17.0. The number of hydrogen-bond acceptors (Lipinski definition) is 2. The van der Waals surface area contributed by atoms with Crippen molar-refractivity contribution >= 4 is 5.91 Å². The third kappa shape index (κ3) is 5.09. The molecule has 3 nitrogen and oxygen atoms in total. The van der Waals surface area contributed by atoms with Crippen molar-refractivity contribution in [2.75, 3.05) is 6.61 Å². The largest absolute Gasteiger partial charge is 0.484 e. The van der Waals surface area contributed by atoms with Crippen LogP contribution in [0.5, 0.6) is 5.75 Å². The number of carbonyl (C=O) groups excluding carboxylic acids is 1. The van der Waals surface area contributed by atoms with Crippen molar-refractivity contribution in [3.8, 4) is 5.75 Å². The van der Waals surface area contributed by atoms with E-state index in [0.29, 0.717) is 11.7 Å². The molecule has 0 aromatic heterocycles. The van der Waals surface area contributed by atoms with E-state index in [1.54, 1.807) is 12.1 Å². The summed E-state index contributed by atoms with van der Waals surface area (Å²) in [7, 11) is 0. The van der Waals surface area contributed by atoms with Gasteiger partial charge in [-0.3, -0.25) is 4.79 Å². The lowest BCUT2D eigenvalue weighted by atomic mass is 10.0. The van der Waals surface area contributed by atoms with E-state index in [1.807, 2.05) is 31.2 Å². The highest BCUT2D eigenvalue weighted by atomic mass is 19.1. The molecule has 1 N–H and O–H groups in total. The highest BCUT2D eigenvalue weighted by Gasteiger charge is 2.10. The van der Waals surface area contributed by atoms with Crippen LogP contribution >= 0.6 is 0 Å². The lowest BCUT2D eigenvalue weighted by Gasteiger charge is -2.15. The molecule has 0 bridgehead atoms. The van der Waals surface area contributed by atoms with Gasteiger partial charge in [0.2, 0.25) is 0 Å². The Hall–Kier alpha value is -2.36. The molecular weight excluding hydrogens is 293 g/mol. The minimum absolute atomic E-state index is 0.0485. The van der Waals surface area contributed by atoms with Crippen LogP contribution in [-0.2, 0) is 4.79 Å². The zero-order chi connectivity index (χ0) is 16.8. The Kier molecular flexibility index (Phi) is 5.74. The third-order valence-electron chi connectivity index (χ3n) is 3.64. The predicted molar refractivity (Wildman–Crippen MR) is 89.0 cm³/mol. The van der Waals surface area contributed by atoms with Gasteiger partial charge in [-0.1, -0.05) is 38.1 Å². The minimum atomic E-state index is -0.291. The number of amides is 1. The van der Waals surface area contributed by atoms with Crippen LogP contribution in [0.25, 0.3) is 0 Å². The molecule has 23 heavy (non-hydrogen) atoms. The molecule has 1 atom stereocenters. The summed E-state index contributed by atoms with van der Waals surface area (Å²) in [6, 6.07) is 13.6. The maximum Gasteiger partial charge on any atom is 0.258 e. The molecule has 2 aromatic rings. The maximum atomic E-state index is 12.9. The molecule has 0 saturated heterocycles. The number of benzene rings is 2. The smallest absolute Gasteiger partial charge is 0.258 e. The summed E-state index contributed by atoms with van der Waals surface area (Å²) in [6.45, 7) is 6.02. The Morgan fingerprint density at radius 1 is 1.09 bits per heavy atom. The topological polar surface area (TPSA) is 38.3 Å². The molecular formula is C19H22FNO2. The van der Waals surface area contributed by atoms with E-state index in [2.05, 4.69) is 19.2 Å². The Morgan fingerprint density at radius 2 is 1.78 bits per heavy atom. The molecule has 0 aliphatic carbocycles. The molecule has 1 amide bonds. The van der Waals surface area contributed by atoms with Crippen molar-refractivity contribution in [1.29, 1.82) is 0 Å². The van der Waals surface area contributed by atoms with Crippen LogP contribution in [0.4, 0.5) is 4.39 Å². The van der Waals surface area contributed by atoms with Gasteiger partial charge in [0.15, 0.2) is 6.61 Å². The molecule has 0 fully saturated rings. The SMILES string of the molecule is CC(C)c1cccc(OCC(=O)NC(C)c2ccc(F)cc2)c1. The Labute approximate surface area is 136 Å². The molecule has 4 heteroatoms. The van der Waals surface area contributed by atoms with Crippen LogP contribution in [-0.4, -0.2) is 12.5 Å². The summed E-state index contributed by atoms with van der Waals surface area (Å²) >= 11 is 0. The molecule has 0 aliphatic heterocycles. The number of rotatable bonds is 6. The van der Waals surface area contributed by atoms with Gasteiger partial charge >= 0.3 is 0 Å². The standard InChI is InChI=1S/C19H22FNO2/c1-13(2)16-5-4-6-18(11-16)23-12-19(22)21-14(3)15-7-9-17(20)10-8-15/h4-11,13-14H,12H2,1-3H3,(H,21,22). The second-order valence-electron chi connectivity index (χ2n) is 5.86. The number of ether oxygens (including phenoxy) is 1. The zero-order valence-electron chi connectivity index (χ0n) is 13.7. The average Bonchev–Trinajstić information content (AvgIpc) is 2.53. The van der Waals surface area contributed by atoms with Gasteiger partial charge in [-0.25, -0.2) is 4.39 Å². The van der Waals surface area contributed by atoms with Crippen LogP contribution in [0, 0.1) is 5.82 Å². The van der Waals surface area contributed by atoms with Gasteiger partial charge in [0.1, 0.15) is 11.6 Å². The van der Waals surface area contributed by atoms with Crippen LogP contribution in [0.15, 0.2) is 48.5 Å². The van der Waals surface area contributed by atoms with E-state index < -0.39 is 0 Å². The number of halogens is 1. The fraction of sp³-hybridized carbons (Fsp3) is 0.316. The quantitative estimate of drug-likeness (QED) is 0.867. The van der Waals surface area contributed by atoms with Crippen LogP contribution < -0.4 is 10.1 Å². The lowest BCUT2D eigenvalue weighted by Crippen LogP contribution is -2.31. The third-order valence-corrected chi connectivity index (χ3v) is 3.64. The first-order chi connectivity index (χ1) is 11.0. The normalized spacial score (nSPS) is 12.0. The number of nitrogens with one attached hydrogen (secondary N) is 1.